The number of rotatable bonds is 4. The van der Waals surface area contributed by atoms with Crippen molar-refractivity contribution in [1.82, 2.24) is 4.90 Å². The Morgan fingerprint density at radius 2 is 1.56 bits per heavy atom. The van der Waals surface area contributed by atoms with Crippen molar-refractivity contribution in [2.45, 2.75) is 38.1 Å². The normalized spacial score (nSPS) is 20.0. The van der Waals surface area contributed by atoms with Gasteiger partial charge >= 0.3 is 0 Å². The zero-order chi connectivity index (χ0) is 18.6. The van der Waals surface area contributed by atoms with E-state index in [1.165, 1.54) is 6.42 Å². The number of nitrogens with zero attached hydrogens (tertiary/aromatic N) is 2. The minimum absolute atomic E-state index is 0.0158. The highest BCUT2D eigenvalue weighted by molar-refractivity contribution is 6.03. The highest BCUT2D eigenvalue weighted by atomic mass is 16.5. The number of anilines is 1. The average Bonchev–Trinajstić information content (AvgIpc) is 3.11. The summed E-state index contributed by atoms with van der Waals surface area (Å²) in [6, 6.07) is 16.6. The van der Waals surface area contributed by atoms with Gasteiger partial charge in [0.05, 0.1) is 0 Å². The summed E-state index contributed by atoms with van der Waals surface area (Å²) in [4.78, 5) is 29.0. The number of para-hydroxylation sites is 1. The molecule has 0 N–H and O–H groups in total. The molecular formula is C22H24N2O3. The summed E-state index contributed by atoms with van der Waals surface area (Å²) >= 11 is 0. The number of amides is 2. The van der Waals surface area contributed by atoms with Gasteiger partial charge in [-0.1, -0.05) is 18.2 Å². The Hall–Kier alpha value is -2.82. The van der Waals surface area contributed by atoms with Crippen LogP contribution in [0.25, 0.3) is 0 Å². The Bertz CT molecular complexity index is 798. The number of likely N-dealkylation sites (tertiary alicyclic amines) is 1. The lowest BCUT2D eigenvalue weighted by molar-refractivity contribution is -0.134. The molecule has 2 saturated heterocycles. The maximum Gasteiger partial charge on any atom is 0.245 e. The van der Waals surface area contributed by atoms with E-state index in [0.717, 1.165) is 37.4 Å². The Balaban J connectivity index is 1.50. The van der Waals surface area contributed by atoms with Gasteiger partial charge in [-0.2, -0.15) is 0 Å². The van der Waals surface area contributed by atoms with Crippen LogP contribution in [-0.2, 0) is 9.59 Å². The van der Waals surface area contributed by atoms with Crippen LogP contribution < -0.4 is 9.64 Å². The zero-order valence-electron chi connectivity index (χ0n) is 15.3. The second kappa shape index (κ2) is 7.82. The third-order valence-electron chi connectivity index (χ3n) is 5.26. The molecule has 2 heterocycles. The van der Waals surface area contributed by atoms with Crippen LogP contribution >= 0.6 is 0 Å². The van der Waals surface area contributed by atoms with Crippen LogP contribution in [0.3, 0.4) is 0 Å². The summed E-state index contributed by atoms with van der Waals surface area (Å²) < 4.78 is 5.81. The van der Waals surface area contributed by atoms with E-state index in [1.807, 2.05) is 59.5 Å². The van der Waals surface area contributed by atoms with E-state index in [4.69, 9.17) is 4.74 Å². The van der Waals surface area contributed by atoms with Crippen molar-refractivity contribution in [2.24, 2.45) is 0 Å². The van der Waals surface area contributed by atoms with Crippen molar-refractivity contribution in [3.8, 4) is 11.5 Å². The molecule has 2 aliphatic heterocycles. The fourth-order valence-electron chi connectivity index (χ4n) is 3.87. The summed E-state index contributed by atoms with van der Waals surface area (Å²) in [5.41, 5.74) is 0.758. The summed E-state index contributed by atoms with van der Waals surface area (Å²) in [6.07, 6.45) is 4.30. The number of benzene rings is 2. The Kier molecular flexibility index (Phi) is 5.10. The van der Waals surface area contributed by atoms with Crippen LogP contribution in [0, 0.1) is 0 Å². The van der Waals surface area contributed by atoms with E-state index < -0.39 is 0 Å². The molecule has 2 aromatic carbocycles. The van der Waals surface area contributed by atoms with Gasteiger partial charge in [0, 0.05) is 25.2 Å². The van der Waals surface area contributed by atoms with Crippen molar-refractivity contribution in [3.63, 3.8) is 0 Å². The molecule has 5 nitrogen and oxygen atoms in total. The Morgan fingerprint density at radius 3 is 2.26 bits per heavy atom. The molecule has 0 saturated carbocycles. The second-order valence-corrected chi connectivity index (χ2v) is 7.11. The van der Waals surface area contributed by atoms with E-state index in [0.29, 0.717) is 18.6 Å². The molecule has 0 spiro atoms. The maximum absolute atomic E-state index is 12.9. The van der Waals surface area contributed by atoms with Crippen molar-refractivity contribution in [3.05, 3.63) is 54.6 Å². The Labute approximate surface area is 159 Å². The minimum atomic E-state index is -0.378. The first-order valence-electron chi connectivity index (χ1n) is 9.66. The molecule has 2 aliphatic rings. The highest BCUT2D eigenvalue weighted by Crippen LogP contribution is 2.31. The molecule has 2 aromatic rings. The number of carbonyl (C=O) groups is 2. The summed E-state index contributed by atoms with van der Waals surface area (Å²) in [6.45, 7) is 1.61. The lowest BCUT2D eigenvalue weighted by Gasteiger charge is -2.32. The molecular weight excluding hydrogens is 340 g/mol. The summed E-state index contributed by atoms with van der Waals surface area (Å²) in [5, 5.41) is 0. The van der Waals surface area contributed by atoms with Crippen molar-refractivity contribution < 1.29 is 14.3 Å². The topological polar surface area (TPSA) is 49.9 Å². The molecule has 2 amide bonds. The molecule has 0 aromatic heterocycles. The van der Waals surface area contributed by atoms with Gasteiger partial charge in [-0.25, -0.2) is 0 Å². The molecule has 0 radical (unpaired) electrons. The second-order valence-electron chi connectivity index (χ2n) is 7.11. The van der Waals surface area contributed by atoms with E-state index in [-0.39, 0.29) is 17.9 Å². The summed E-state index contributed by atoms with van der Waals surface area (Å²) in [7, 11) is 0. The van der Waals surface area contributed by atoms with Crippen molar-refractivity contribution in [1.29, 1.82) is 0 Å². The van der Waals surface area contributed by atoms with Crippen molar-refractivity contribution in [2.75, 3.05) is 18.0 Å². The largest absolute Gasteiger partial charge is 0.457 e. The number of hydrogen-bond acceptors (Lipinski definition) is 3. The predicted molar refractivity (Wildman–Crippen MR) is 104 cm³/mol. The standard InChI is InChI=1S/C22H24N2O3/c25-21-14-13-20(22(26)23-15-5-2-6-16-23)24(21)17-9-11-19(12-10-17)27-18-7-3-1-4-8-18/h1,3-4,7-12,20H,2,5-6,13-16H2. The molecule has 140 valence electrons. The molecule has 4 rings (SSSR count). The first kappa shape index (κ1) is 17.6. The summed E-state index contributed by atoms with van der Waals surface area (Å²) in [5.74, 6) is 1.57. The number of piperidine rings is 1. The lowest BCUT2D eigenvalue weighted by atomic mass is 10.1. The van der Waals surface area contributed by atoms with Gasteiger partial charge in [-0.05, 0) is 62.1 Å². The minimum Gasteiger partial charge on any atom is -0.457 e. The number of carbonyl (C=O) groups excluding carboxylic acids is 2. The number of ether oxygens (including phenoxy) is 1. The van der Waals surface area contributed by atoms with E-state index >= 15 is 0 Å². The zero-order valence-corrected chi connectivity index (χ0v) is 15.3. The van der Waals surface area contributed by atoms with Gasteiger partial charge in [0.1, 0.15) is 17.5 Å². The van der Waals surface area contributed by atoms with Crippen LogP contribution in [0.4, 0.5) is 5.69 Å². The van der Waals surface area contributed by atoms with Gasteiger partial charge in [0.2, 0.25) is 11.8 Å². The van der Waals surface area contributed by atoms with Crippen LogP contribution in [0.1, 0.15) is 32.1 Å². The van der Waals surface area contributed by atoms with Crippen molar-refractivity contribution >= 4 is 17.5 Å². The average molecular weight is 364 g/mol. The maximum atomic E-state index is 12.9. The monoisotopic (exact) mass is 364 g/mol. The third-order valence-corrected chi connectivity index (χ3v) is 5.26. The van der Waals surface area contributed by atoms with Crippen LogP contribution in [0.15, 0.2) is 54.6 Å². The molecule has 0 bridgehead atoms. The third kappa shape index (κ3) is 3.82. The fraction of sp³-hybridized carbons (Fsp3) is 0.364. The van der Waals surface area contributed by atoms with Gasteiger partial charge in [0.15, 0.2) is 0 Å². The van der Waals surface area contributed by atoms with E-state index in [1.54, 1.807) is 4.90 Å². The van der Waals surface area contributed by atoms with Crippen LogP contribution in [0.2, 0.25) is 0 Å². The first-order chi connectivity index (χ1) is 13.2. The Morgan fingerprint density at radius 1 is 0.889 bits per heavy atom. The number of hydrogen-bond donors (Lipinski definition) is 0. The highest BCUT2D eigenvalue weighted by Gasteiger charge is 2.39. The molecule has 1 atom stereocenters. The van der Waals surface area contributed by atoms with Gasteiger partial charge < -0.3 is 9.64 Å². The smallest absolute Gasteiger partial charge is 0.245 e. The van der Waals surface area contributed by atoms with Gasteiger partial charge in [-0.3, -0.25) is 14.5 Å². The fourth-order valence-corrected chi connectivity index (χ4v) is 3.87. The molecule has 27 heavy (non-hydrogen) atoms. The SMILES string of the molecule is O=C(C1CCC(=O)N1c1ccc(Oc2ccccc2)cc1)N1CCCCC1. The molecule has 2 fully saturated rings. The first-order valence-corrected chi connectivity index (χ1v) is 9.66. The molecule has 5 heteroatoms. The lowest BCUT2D eigenvalue weighted by Crippen LogP contribution is -2.48. The predicted octanol–water partition coefficient (Wildman–Crippen LogP) is 3.99. The van der Waals surface area contributed by atoms with Gasteiger partial charge in [0.25, 0.3) is 0 Å². The quantitative estimate of drug-likeness (QED) is 0.824. The van der Waals surface area contributed by atoms with E-state index in [9.17, 15) is 9.59 Å². The molecule has 0 aliphatic carbocycles. The van der Waals surface area contributed by atoms with Crippen LogP contribution in [-0.4, -0.2) is 35.8 Å². The van der Waals surface area contributed by atoms with Crippen LogP contribution in [0.5, 0.6) is 11.5 Å². The van der Waals surface area contributed by atoms with E-state index in [2.05, 4.69) is 0 Å². The van der Waals surface area contributed by atoms with Gasteiger partial charge in [-0.15, -0.1) is 0 Å². The molecule has 1 unspecified atom stereocenters.